The molecule has 0 saturated heterocycles. The van der Waals surface area contributed by atoms with Crippen molar-refractivity contribution in [1.82, 2.24) is 4.90 Å². The minimum atomic E-state index is -0.454. The lowest BCUT2D eigenvalue weighted by atomic mass is 10.1. The molecular weight excluding hydrogens is 248 g/mol. The van der Waals surface area contributed by atoms with E-state index in [1.807, 2.05) is 0 Å². The summed E-state index contributed by atoms with van der Waals surface area (Å²) in [5.41, 5.74) is 0.964. The summed E-state index contributed by atoms with van der Waals surface area (Å²) < 4.78 is 26.1. The lowest BCUT2D eigenvalue weighted by Crippen LogP contribution is -2.26. The van der Waals surface area contributed by atoms with Gasteiger partial charge in [-0.2, -0.15) is 0 Å². The highest BCUT2D eigenvalue weighted by Crippen LogP contribution is 2.10. The second kappa shape index (κ2) is 5.61. The zero-order chi connectivity index (χ0) is 13.8. The molecule has 2 rings (SSSR count). The van der Waals surface area contributed by atoms with Crippen LogP contribution < -0.4 is 0 Å². The van der Waals surface area contributed by atoms with E-state index in [0.717, 1.165) is 0 Å². The molecule has 0 saturated carbocycles. The molecule has 1 amide bonds. The van der Waals surface area contributed by atoms with Crippen LogP contribution in [0.4, 0.5) is 8.78 Å². The Morgan fingerprint density at radius 2 is 1.68 bits per heavy atom. The van der Waals surface area contributed by atoms with Gasteiger partial charge in [0, 0.05) is 19.2 Å². The van der Waals surface area contributed by atoms with E-state index in [4.69, 9.17) is 0 Å². The number of hydrogen-bond donors (Lipinski definition) is 0. The Balaban J connectivity index is 2.12. The van der Waals surface area contributed by atoms with E-state index in [-0.39, 0.29) is 23.8 Å². The smallest absolute Gasteiger partial charge is 0.253 e. The lowest BCUT2D eigenvalue weighted by molar-refractivity contribution is 0.0784. The van der Waals surface area contributed by atoms with E-state index in [0.29, 0.717) is 5.56 Å². The van der Waals surface area contributed by atoms with E-state index in [1.54, 1.807) is 25.2 Å². The molecular formula is C15H13F2NO. The second-order valence-corrected chi connectivity index (χ2v) is 4.30. The molecule has 0 aliphatic carbocycles. The number of nitrogens with zero attached hydrogens (tertiary/aromatic N) is 1. The van der Waals surface area contributed by atoms with Gasteiger partial charge in [0.05, 0.1) is 0 Å². The van der Waals surface area contributed by atoms with Crippen molar-refractivity contribution in [2.24, 2.45) is 0 Å². The lowest BCUT2D eigenvalue weighted by Gasteiger charge is -2.17. The zero-order valence-electron chi connectivity index (χ0n) is 10.4. The van der Waals surface area contributed by atoms with Crippen molar-refractivity contribution >= 4 is 5.91 Å². The van der Waals surface area contributed by atoms with E-state index >= 15 is 0 Å². The Hall–Kier alpha value is -2.23. The topological polar surface area (TPSA) is 20.3 Å². The van der Waals surface area contributed by atoms with E-state index in [1.165, 1.54) is 35.2 Å². The molecule has 2 aromatic rings. The molecule has 4 heteroatoms. The maximum Gasteiger partial charge on any atom is 0.253 e. The normalized spacial score (nSPS) is 10.3. The maximum absolute atomic E-state index is 13.1. The number of carbonyl (C=O) groups is 1. The van der Waals surface area contributed by atoms with Gasteiger partial charge in [-0.05, 0) is 35.9 Å². The first-order chi connectivity index (χ1) is 9.06. The first-order valence-corrected chi connectivity index (χ1v) is 5.82. The molecule has 0 fully saturated rings. The third-order valence-corrected chi connectivity index (χ3v) is 2.73. The van der Waals surface area contributed by atoms with Crippen molar-refractivity contribution in [2.75, 3.05) is 7.05 Å². The summed E-state index contributed by atoms with van der Waals surface area (Å²) >= 11 is 0. The van der Waals surface area contributed by atoms with Crippen LogP contribution in [0.2, 0.25) is 0 Å². The molecule has 0 heterocycles. The molecule has 98 valence electrons. The fourth-order valence-corrected chi connectivity index (χ4v) is 1.82. The van der Waals surface area contributed by atoms with Crippen LogP contribution in [-0.4, -0.2) is 17.9 Å². The first kappa shape index (κ1) is 13.2. The van der Waals surface area contributed by atoms with Gasteiger partial charge in [-0.3, -0.25) is 4.79 Å². The minimum Gasteiger partial charge on any atom is -0.337 e. The fraction of sp³-hybridized carbons (Fsp3) is 0.133. The Bertz CT molecular complexity index is 598. The highest BCUT2D eigenvalue weighted by molar-refractivity contribution is 5.94. The van der Waals surface area contributed by atoms with Gasteiger partial charge in [0.2, 0.25) is 0 Å². The summed E-state index contributed by atoms with van der Waals surface area (Å²) in [7, 11) is 1.60. The third kappa shape index (κ3) is 3.37. The van der Waals surface area contributed by atoms with E-state index in [9.17, 15) is 13.6 Å². The van der Waals surface area contributed by atoms with Crippen molar-refractivity contribution in [3.8, 4) is 0 Å². The van der Waals surface area contributed by atoms with Crippen LogP contribution >= 0.6 is 0 Å². The number of hydrogen-bond acceptors (Lipinski definition) is 1. The van der Waals surface area contributed by atoms with Gasteiger partial charge in [0.25, 0.3) is 5.91 Å². The number of rotatable bonds is 3. The Kier molecular flexibility index (Phi) is 3.90. The van der Waals surface area contributed by atoms with Gasteiger partial charge in [-0.25, -0.2) is 8.78 Å². The molecule has 0 aromatic heterocycles. The van der Waals surface area contributed by atoms with Gasteiger partial charge in [0.15, 0.2) is 0 Å². The number of amides is 1. The summed E-state index contributed by atoms with van der Waals surface area (Å²) in [6.45, 7) is 0.271. The van der Waals surface area contributed by atoms with Crippen LogP contribution in [0.1, 0.15) is 15.9 Å². The van der Waals surface area contributed by atoms with Crippen LogP contribution in [-0.2, 0) is 6.54 Å². The molecule has 0 unspecified atom stereocenters. The number of benzene rings is 2. The van der Waals surface area contributed by atoms with Gasteiger partial charge in [-0.15, -0.1) is 0 Å². The molecule has 0 aliphatic heterocycles. The average Bonchev–Trinajstić information content (AvgIpc) is 2.38. The van der Waals surface area contributed by atoms with Crippen molar-refractivity contribution in [2.45, 2.75) is 6.54 Å². The molecule has 0 N–H and O–H groups in total. The third-order valence-electron chi connectivity index (χ3n) is 2.73. The molecule has 0 bridgehead atoms. The predicted octanol–water partition coefficient (Wildman–Crippen LogP) is 3.24. The van der Waals surface area contributed by atoms with E-state index < -0.39 is 5.82 Å². The van der Waals surface area contributed by atoms with Crippen molar-refractivity contribution < 1.29 is 13.6 Å². The standard InChI is InChI=1S/C15H13F2NO/c1-18(10-11-4-2-6-13(16)8-11)15(19)12-5-3-7-14(17)9-12/h2-9H,10H2,1H3. The zero-order valence-corrected chi connectivity index (χ0v) is 10.4. The highest BCUT2D eigenvalue weighted by atomic mass is 19.1. The van der Waals surface area contributed by atoms with Gasteiger partial charge >= 0.3 is 0 Å². The summed E-state index contributed by atoms with van der Waals surface area (Å²) in [6.07, 6.45) is 0. The van der Waals surface area contributed by atoms with E-state index in [2.05, 4.69) is 0 Å². The minimum absolute atomic E-state index is 0.271. The van der Waals surface area contributed by atoms with Crippen LogP contribution in [0.15, 0.2) is 48.5 Å². The van der Waals surface area contributed by atoms with Crippen molar-refractivity contribution in [1.29, 1.82) is 0 Å². The molecule has 0 radical (unpaired) electrons. The maximum atomic E-state index is 13.1. The first-order valence-electron chi connectivity index (χ1n) is 5.82. The SMILES string of the molecule is CN(Cc1cccc(F)c1)C(=O)c1cccc(F)c1. The summed E-state index contributed by atoms with van der Waals surface area (Å²) in [6, 6.07) is 11.5. The van der Waals surface area contributed by atoms with Crippen LogP contribution in [0, 0.1) is 11.6 Å². The average molecular weight is 261 g/mol. The van der Waals surface area contributed by atoms with Crippen molar-refractivity contribution in [3.05, 3.63) is 71.3 Å². The van der Waals surface area contributed by atoms with Crippen LogP contribution in [0.5, 0.6) is 0 Å². The number of halogens is 2. The van der Waals surface area contributed by atoms with Crippen LogP contribution in [0.3, 0.4) is 0 Å². The molecule has 2 aromatic carbocycles. The molecule has 0 atom stereocenters. The molecule has 2 nitrogen and oxygen atoms in total. The largest absolute Gasteiger partial charge is 0.337 e. The van der Waals surface area contributed by atoms with Crippen LogP contribution in [0.25, 0.3) is 0 Å². The monoisotopic (exact) mass is 261 g/mol. The quantitative estimate of drug-likeness (QED) is 0.830. The van der Waals surface area contributed by atoms with Gasteiger partial charge in [-0.1, -0.05) is 18.2 Å². The van der Waals surface area contributed by atoms with Gasteiger partial charge < -0.3 is 4.90 Å². The summed E-state index contributed by atoms with van der Waals surface area (Å²) in [5.74, 6) is -1.10. The highest BCUT2D eigenvalue weighted by Gasteiger charge is 2.12. The van der Waals surface area contributed by atoms with Gasteiger partial charge in [0.1, 0.15) is 11.6 Å². The second-order valence-electron chi connectivity index (χ2n) is 4.30. The molecule has 0 aliphatic rings. The summed E-state index contributed by atoms with van der Waals surface area (Å²) in [5, 5.41) is 0. The fourth-order valence-electron chi connectivity index (χ4n) is 1.82. The predicted molar refractivity (Wildman–Crippen MR) is 68.6 cm³/mol. The summed E-state index contributed by atoms with van der Waals surface area (Å²) in [4.78, 5) is 13.5. The molecule has 0 spiro atoms. The number of carbonyl (C=O) groups excluding carboxylic acids is 1. The van der Waals surface area contributed by atoms with Crippen molar-refractivity contribution in [3.63, 3.8) is 0 Å². The Morgan fingerprint density at radius 1 is 1.05 bits per heavy atom. The Labute approximate surface area is 110 Å². The molecule has 19 heavy (non-hydrogen) atoms. The Morgan fingerprint density at radius 3 is 2.32 bits per heavy atom.